The number of fused-ring (bicyclic) bond motifs is 1. The molecule has 2 aliphatic rings. The number of rotatable bonds is 2. The van der Waals surface area contributed by atoms with Crippen molar-refractivity contribution < 1.29 is 14.6 Å². The van der Waals surface area contributed by atoms with E-state index < -0.39 is 0 Å². The fraction of sp³-hybridized carbons (Fsp3) is 0.562. The van der Waals surface area contributed by atoms with Crippen LogP contribution in [-0.4, -0.2) is 54.4 Å². The number of para-hydroxylation sites is 1. The van der Waals surface area contributed by atoms with Crippen molar-refractivity contribution in [3.05, 3.63) is 29.8 Å². The molecule has 0 aliphatic carbocycles. The molecule has 2 N–H and O–H groups in total. The Morgan fingerprint density at radius 1 is 1.48 bits per heavy atom. The molecule has 3 rings (SSSR count). The van der Waals surface area contributed by atoms with Gasteiger partial charge in [-0.15, -0.1) is 0 Å². The molecule has 1 aromatic carbocycles. The minimum Gasteiger partial charge on any atom is -0.394 e. The lowest BCUT2D eigenvalue weighted by Gasteiger charge is -2.38. The molecule has 3 unspecified atom stereocenters. The van der Waals surface area contributed by atoms with Crippen LogP contribution >= 0.6 is 0 Å². The molecular weight excluding hydrogens is 268 g/mol. The number of anilines is 1. The topological polar surface area (TPSA) is 61.8 Å². The van der Waals surface area contributed by atoms with Crippen molar-refractivity contribution in [3.8, 4) is 0 Å². The highest BCUT2D eigenvalue weighted by molar-refractivity contribution is 5.81. The number of hydrogen-bond donors (Lipinski definition) is 2. The Balaban J connectivity index is 1.73. The number of amides is 1. The molecule has 1 saturated heterocycles. The van der Waals surface area contributed by atoms with Crippen LogP contribution in [0, 0.1) is 5.92 Å². The van der Waals surface area contributed by atoms with Gasteiger partial charge in [0.1, 0.15) is 0 Å². The van der Waals surface area contributed by atoms with Crippen molar-refractivity contribution in [1.82, 2.24) is 4.90 Å². The molecule has 1 amide bonds. The van der Waals surface area contributed by atoms with Gasteiger partial charge in [-0.1, -0.05) is 18.2 Å². The Kier molecular flexibility index (Phi) is 4.12. The first-order chi connectivity index (χ1) is 10.2. The van der Waals surface area contributed by atoms with Gasteiger partial charge in [-0.05, 0) is 25.0 Å². The summed E-state index contributed by atoms with van der Waals surface area (Å²) in [7, 11) is 0. The van der Waals surface area contributed by atoms with Crippen LogP contribution in [0.3, 0.4) is 0 Å². The summed E-state index contributed by atoms with van der Waals surface area (Å²) in [6.45, 7) is 3.62. The number of ether oxygens (including phenoxy) is 1. The molecule has 2 heterocycles. The fourth-order valence-corrected chi connectivity index (χ4v) is 3.16. The molecule has 5 nitrogen and oxygen atoms in total. The summed E-state index contributed by atoms with van der Waals surface area (Å²) in [5, 5.41) is 12.6. The third-order valence-corrected chi connectivity index (χ3v) is 4.42. The Morgan fingerprint density at radius 2 is 2.29 bits per heavy atom. The minimum atomic E-state index is -0.248. The Labute approximate surface area is 124 Å². The normalized spacial score (nSPS) is 28.7. The number of aliphatic hydroxyl groups is 1. The average molecular weight is 290 g/mol. The van der Waals surface area contributed by atoms with Crippen LogP contribution in [0.1, 0.15) is 12.5 Å². The summed E-state index contributed by atoms with van der Waals surface area (Å²) in [5.41, 5.74) is 2.32. The van der Waals surface area contributed by atoms with Crippen LogP contribution in [0.4, 0.5) is 5.69 Å². The lowest BCUT2D eigenvalue weighted by Crippen LogP contribution is -2.52. The molecule has 0 radical (unpaired) electrons. The molecular formula is C16H22N2O3. The second-order valence-corrected chi connectivity index (χ2v) is 5.86. The van der Waals surface area contributed by atoms with Gasteiger partial charge in [0.2, 0.25) is 5.91 Å². The second-order valence-electron chi connectivity index (χ2n) is 5.86. The van der Waals surface area contributed by atoms with E-state index in [1.807, 2.05) is 17.0 Å². The smallest absolute Gasteiger partial charge is 0.228 e. The predicted octanol–water partition coefficient (Wildman–Crippen LogP) is 0.879. The maximum absolute atomic E-state index is 12.8. The van der Waals surface area contributed by atoms with Crippen molar-refractivity contribution in [1.29, 1.82) is 0 Å². The van der Waals surface area contributed by atoms with Crippen LogP contribution in [0.15, 0.2) is 24.3 Å². The van der Waals surface area contributed by atoms with E-state index in [-0.39, 0.29) is 30.6 Å². The van der Waals surface area contributed by atoms with Crippen molar-refractivity contribution >= 4 is 11.6 Å². The first-order valence-corrected chi connectivity index (χ1v) is 7.54. The van der Waals surface area contributed by atoms with Crippen LogP contribution in [0.25, 0.3) is 0 Å². The minimum absolute atomic E-state index is 0.0366. The molecule has 3 atom stereocenters. The molecule has 1 aromatic rings. The lowest BCUT2D eigenvalue weighted by atomic mass is 9.87. The second kappa shape index (κ2) is 6.03. The molecule has 5 heteroatoms. The Morgan fingerprint density at radius 3 is 3.10 bits per heavy atom. The maximum atomic E-state index is 12.8. The zero-order chi connectivity index (χ0) is 14.8. The predicted molar refractivity (Wildman–Crippen MR) is 80.1 cm³/mol. The largest absolute Gasteiger partial charge is 0.394 e. The van der Waals surface area contributed by atoms with Crippen LogP contribution in [0.5, 0.6) is 0 Å². The van der Waals surface area contributed by atoms with E-state index in [9.17, 15) is 9.90 Å². The van der Waals surface area contributed by atoms with Crippen LogP contribution in [-0.2, 0) is 16.0 Å². The third kappa shape index (κ3) is 2.89. The number of nitrogens with zero attached hydrogens (tertiary/aromatic N) is 1. The maximum Gasteiger partial charge on any atom is 0.228 e. The molecule has 2 aliphatic heterocycles. The third-order valence-electron chi connectivity index (χ3n) is 4.42. The number of hydrogen-bond acceptors (Lipinski definition) is 4. The molecule has 0 spiro atoms. The number of nitrogens with one attached hydrogen (secondary N) is 1. The molecule has 0 aromatic heterocycles. The first kappa shape index (κ1) is 14.4. The van der Waals surface area contributed by atoms with Crippen molar-refractivity contribution in [2.24, 2.45) is 5.92 Å². The molecule has 114 valence electrons. The van der Waals surface area contributed by atoms with E-state index in [4.69, 9.17) is 4.74 Å². The van der Waals surface area contributed by atoms with Crippen molar-refractivity contribution in [3.63, 3.8) is 0 Å². The SMILES string of the molecule is CC1Nc2ccccc2CC1C(=O)N1CCOC(CO)C1. The summed E-state index contributed by atoms with van der Waals surface area (Å²) in [6, 6.07) is 8.26. The molecule has 1 fully saturated rings. The quantitative estimate of drug-likeness (QED) is 0.849. The van der Waals surface area contributed by atoms with Crippen LogP contribution < -0.4 is 5.32 Å². The highest BCUT2D eigenvalue weighted by Gasteiger charge is 2.35. The van der Waals surface area contributed by atoms with Crippen molar-refractivity contribution in [2.45, 2.75) is 25.5 Å². The Hall–Kier alpha value is -1.59. The summed E-state index contributed by atoms with van der Waals surface area (Å²) in [4.78, 5) is 14.6. The van der Waals surface area contributed by atoms with Gasteiger partial charge in [0.05, 0.1) is 25.2 Å². The van der Waals surface area contributed by atoms with Gasteiger partial charge in [0, 0.05) is 24.8 Å². The average Bonchev–Trinajstić information content (AvgIpc) is 2.53. The highest BCUT2D eigenvalue weighted by atomic mass is 16.5. The first-order valence-electron chi connectivity index (χ1n) is 7.54. The van der Waals surface area contributed by atoms with Crippen LogP contribution in [0.2, 0.25) is 0 Å². The summed E-state index contributed by atoms with van der Waals surface area (Å²) in [5.74, 6) is 0.101. The van der Waals surface area contributed by atoms with E-state index in [2.05, 4.69) is 24.4 Å². The monoisotopic (exact) mass is 290 g/mol. The van der Waals surface area contributed by atoms with Gasteiger partial charge in [-0.25, -0.2) is 0 Å². The fourth-order valence-electron chi connectivity index (χ4n) is 3.16. The number of aliphatic hydroxyl groups excluding tert-OH is 1. The molecule has 0 bridgehead atoms. The standard InChI is InChI=1S/C16H22N2O3/c1-11-14(8-12-4-2-3-5-15(12)17-11)16(20)18-6-7-21-13(9-18)10-19/h2-5,11,13-14,17,19H,6-10H2,1H3. The zero-order valence-corrected chi connectivity index (χ0v) is 12.3. The van der Waals surface area contributed by atoms with Crippen molar-refractivity contribution in [2.75, 3.05) is 31.6 Å². The summed E-state index contributed by atoms with van der Waals surface area (Å²) >= 11 is 0. The van der Waals surface area contributed by atoms with Gasteiger partial charge in [-0.3, -0.25) is 4.79 Å². The van der Waals surface area contributed by atoms with E-state index in [0.717, 1.165) is 12.1 Å². The Bertz CT molecular complexity index is 520. The van der Waals surface area contributed by atoms with Gasteiger partial charge < -0.3 is 20.1 Å². The number of benzene rings is 1. The number of carbonyl (C=O) groups excluding carboxylic acids is 1. The summed E-state index contributed by atoms with van der Waals surface area (Å²) < 4.78 is 5.42. The highest BCUT2D eigenvalue weighted by Crippen LogP contribution is 2.29. The van der Waals surface area contributed by atoms with Gasteiger partial charge in [-0.2, -0.15) is 0 Å². The lowest BCUT2D eigenvalue weighted by molar-refractivity contribution is -0.145. The molecule has 21 heavy (non-hydrogen) atoms. The summed E-state index contributed by atoms with van der Waals surface area (Å²) in [6.07, 6.45) is 0.520. The number of carbonyl (C=O) groups is 1. The number of morpholine rings is 1. The van der Waals surface area contributed by atoms with E-state index >= 15 is 0 Å². The molecule has 0 saturated carbocycles. The van der Waals surface area contributed by atoms with E-state index in [1.54, 1.807) is 0 Å². The van der Waals surface area contributed by atoms with Gasteiger partial charge in [0.15, 0.2) is 0 Å². The zero-order valence-electron chi connectivity index (χ0n) is 12.3. The van der Waals surface area contributed by atoms with E-state index in [0.29, 0.717) is 19.7 Å². The van der Waals surface area contributed by atoms with E-state index in [1.165, 1.54) is 5.56 Å². The van der Waals surface area contributed by atoms with Gasteiger partial charge >= 0.3 is 0 Å². The van der Waals surface area contributed by atoms with Gasteiger partial charge in [0.25, 0.3) is 0 Å².